The second kappa shape index (κ2) is 12.3. The van der Waals surface area contributed by atoms with Crippen LogP contribution in [0.1, 0.15) is 41.7 Å². The zero-order valence-electron chi connectivity index (χ0n) is 23.0. The fraction of sp³-hybridized carbons (Fsp3) is 0.333. The van der Waals surface area contributed by atoms with Gasteiger partial charge in [-0.3, -0.25) is 13.9 Å². The lowest BCUT2D eigenvalue weighted by Crippen LogP contribution is -2.51. The van der Waals surface area contributed by atoms with E-state index >= 15 is 0 Å². The van der Waals surface area contributed by atoms with Gasteiger partial charge in [-0.25, -0.2) is 8.42 Å². The number of anilines is 1. The van der Waals surface area contributed by atoms with Gasteiger partial charge in [0, 0.05) is 13.1 Å². The zero-order valence-corrected chi connectivity index (χ0v) is 23.8. The molecule has 0 heterocycles. The Morgan fingerprint density at radius 3 is 2.05 bits per heavy atom. The molecule has 0 aliphatic carbocycles. The van der Waals surface area contributed by atoms with E-state index in [4.69, 9.17) is 0 Å². The van der Waals surface area contributed by atoms with Crippen LogP contribution in [0.5, 0.6) is 0 Å². The molecule has 0 bridgehead atoms. The van der Waals surface area contributed by atoms with Gasteiger partial charge >= 0.3 is 0 Å². The number of aryl methyl sites for hydroxylation is 4. The molecular formula is C30H37N3O4S. The highest BCUT2D eigenvalue weighted by atomic mass is 32.2. The first-order valence-corrected chi connectivity index (χ1v) is 14.2. The van der Waals surface area contributed by atoms with Gasteiger partial charge in [-0.15, -0.1) is 0 Å². The summed E-state index contributed by atoms with van der Waals surface area (Å²) in [6.45, 7) is 11.2. The monoisotopic (exact) mass is 535 g/mol. The number of likely N-dealkylation sites (N-methyl/N-ethyl adjacent to an activating group) is 1. The third-order valence-corrected chi connectivity index (χ3v) is 8.29. The highest BCUT2D eigenvalue weighted by Crippen LogP contribution is 2.27. The van der Waals surface area contributed by atoms with Crippen LogP contribution in [0.3, 0.4) is 0 Å². The first-order valence-electron chi connectivity index (χ1n) is 12.7. The summed E-state index contributed by atoms with van der Waals surface area (Å²) in [5.41, 5.74) is 4.95. The number of nitrogens with zero attached hydrogens (tertiary/aromatic N) is 2. The largest absolute Gasteiger partial charge is 0.355 e. The second-order valence-electron chi connectivity index (χ2n) is 9.69. The molecule has 3 aromatic rings. The van der Waals surface area contributed by atoms with Gasteiger partial charge in [-0.05, 0) is 88.1 Å². The van der Waals surface area contributed by atoms with Crippen molar-refractivity contribution in [1.82, 2.24) is 10.2 Å². The highest BCUT2D eigenvalue weighted by molar-refractivity contribution is 7.92. The number of amides is 2. The Kier molecular flexibility index (Phi) is 9.33. The molecule has 0 aromatic heterocycles. The molecule has 0 fully saturated rings. The molecule has 0 radical (unpaired) electrons. The lowest BCUT2D eigenvalue weighted by atomic mass is 10.1. The molecule has 3 aromatic carbocycles. The predicted molar refractivity (Wildman–Crippen MR) is 152 cm³/mol. The zero-order chi connectivity index (χ0) is 28.0. The number of nitrogens with one attached hydrogen (secondary N) is 1. The Morgan fingerprint density at radius 1 is 0.868 bits per heavy atom. The maximum atomic E-state index is 13.9. The van der Waals surface area contributed by atoms with E-state index in [1.54, 1.807) is 43.3 Å². The number of hydrogen-bond donors (Lipinski definition) is 1. The average molecular weight is 536 g/mol. The number of carbonyl (C=O) groups excluding carboxylic acids is 2. The van der Waals surface area contributed by atoms with Gasteiger partial charge in [-0.2, -0.15) is 0 Å². The Labute approximate surface area is 226 Å². The van der Waals surface area contributed by atoms with Gasteiger partial charge < -0.3 is 10.2 Å². The molecular weight excluding hydrogens is 498 g/mol. The Balaban J connectivity index is 2.08. The van der Waals surface area contributed by atoms with Crippen molar-refractivity contribution in [3.63, 3.8) is 0 Å². The molecule has 0 saturated heterocycles. The lowest BCUT2D eigenvalue weighted by Gasteiger charge is -2.32. The van der Waals surface area contributed by atoms with Crippen molar-refractivity contribution in [2.24, 2.45) is 0 Å². The Bertz CT molecular complexity index is 1380. The summed E-state index contributed by atoms with van der Waals surface area (Å²) in [4.78, 5) is 28.3. The van der Waals surface area contributed by atoms with E-state index in [1.165, 1.54) is 4.90 Å². The Morgan fingerprint density at radius 2 is 1.47 bits per heavy atom. The first kappa shape index (κ1) is 28.9. The van der Waals surface area contributed by atoms with Crippen LogP contribution in [-0.2, 0) is 26.2 Å². The summed E-state index contributed by atoms with van der Waals surface area (Å²) >= 11 is 0. The molecule has 8 heteroatoms. The minimum atomic E-state index is -4.08. The summed E-state index contributed by atoms with van der Waals surface area (Å²) < 4.78 is 29.0. The molecule has 202 valence electrons. The normalized spacial score (nSPS) is 12.1. The van der Waals surface area contributed by atoms with Gasteiger partial charge in [0.15, 0.2) is 0 Å². The molecule has 3 rings (SSSR count). The van der Waals surface area contributed by atoms with Crippen molar-refractivity contribution in [2.75, 3.05) is 17.4 Å². The maximum Gasteiger partial charge on any atom is 0.264 e. The lowest BCUT2D eigenvalue weighted by molar-refractivity contribution is -0.139. The van der Waals surface area contributed by atoms with Crippen LogP contribution < -0.4 is 9.62 Å². The van der Waals surface area contributed by atoms with Crippen molar-refractivity contribution < 1.29 is 18.0 Å². The minimum absolute atomic E-state index is 0.0947. The van der Waals surface area contributed by atoms with Crippen LogP contribution in [0.4, 0.5) is 5.69 Å². The minimum Gasteiger partial charge on any atom is -0.355 e. The third kappa shape index (κ3) is 6.81. The molecule has 0 aliphatic heterocycles. The number of hydrogen-bond acceptors (Lipinski definition) is 4. The molecule has 0 spiro atoms. The summed E-state index contributed by atoms with van der Waals surface area (Å²) in [5, 5.41) is 2.78. The van der Waals surface area contributed by atoms with Crippen LogP contribution in [0.15, 0.2) is 71.6 Å². The topological polar surface area (TPSA) is 86.8 Å². The maximum absolute atomic E-state index is 13.9. The molecule has 1 atom stereocenters. The number of rotatable bonds is 10. The van der Waals surface area contributed by atoms with E-state index in [2.05, 4.69) is 5.32 Å². The quantitative estimate of drug-likeness (QED) is 0.409. The summed E-state index contributed by atoms with van der Waals surface area (Å²) in [6.07, 6.45) is 0. The van der Waals surface area contributed by atoms with Crippen LogP contribution in [-0.4, -0.2) is 44.3 Å². The van der Waals surface area contributed by atoms with Gasteiger partial charge in [-0.1, -0.05) is 48.0 Å². The van der Waals surface area contributed by atoms with Crippen LogP contribution in [0.2, 0.25) is 0 Å². The predicted octanol–water partition coefficient (Wildman–Crippen LogP) is 4.67. The van der Waals surface area contributed by atoms with Crippen LogP contribution in [0, 0.1) is 27.7 Å². The molecule has 1 unspecified atom stereocenters. The van der Waals surface area contributed by atoms with Gasteiger partial charge in [0.1, 0.15) is 12.6 Å². The summed E-state index contributed by atoms with van der Waals surface area (Å²) in [7, 11) is -4.08. The van der Waals surface area contributed by atoms with Crippen LogP contribution in [0.25, 0.3) is 0 Å². The van der Waals surface area contributed by atoms with E-state index in [-0.39, 0.29) is 17.3 Å². The van der Waals surface area contributed by atoms with Crippen LogP contribution >= 0.6 is 0 Å². The fourth-order valence-electron chi connectivity index (χ4n) is 4.34. The number of sulfonamides is 1. The van der Waals surface area contributed by atoms with Crippen molar-refractivity contribution in [3.05, 3.63) is 94.5 Å². The standard InChI is InChI=1S/C30H37N3O4S/c1-7-31-30(35)25(6)32(19-26-11-9-8-10-24(26)5)29(34)20-33(27-17-22(3)16-23(4)18-27)38(36,37)28-14-12-21(2)13-15-28/h8-18,25H,7,19-20H2,1-6H3,(H,31,35). The van der Waals surface area contributed by atoms with E-state index in [0.29, 0.717) is 12.2 Å². The highest BCUT2D eigenvalue weighted by Gasteiger charge is 2.32. The first-order chi connectivity index (χ1) is 17.9. The average Bonchev–Trinajstić information content (AvgIpc) is 2.86. The van der Waals surface area contributed by atoms with Crippen molar-refractivity contribution in [1.29, 1.82) is 0 Å². The van der Waals surface area contributed by atoms with Crippen molar-refractivity contribution in [3.8, 4) is 0 Å². The van der Waals surface area contributed by atoms with Gasteiger partial charge in [0.05, 0.1) is 10.6 Å². The molecule has 2 amide bonds. The molecule has 1 N–H and O–H groups in total. The van der Waals surface area contributed by atoms with E-state index in [9.17, 15) is 18.0 Å². The SMILES string of the molecule is CCNC(=O)C(C)N(Cc1ccccc1C)C(=O)CN(c1cc(C)cc(C)c1)S(=O)(=O)c1ccc(C)cc1. The fourth-order valence-corrected chi connectivity index (χ4v) is 5.73. The van der Waals surface area contributed by atoms with E-state index < -0.39 is 28.5 Å². The number of carbonyl (C=O) groups is 2. The molecule has 0 aliphatic rings. The number of benzene rings is 3. The van der Waals surface area contributed by atoms with E-state index in [0.717, 1.165) is 32.1 Å². The Hall–Kier alpha value is -3.65. The van der Waals surface area contributed by atoms with Gasteiger partial charge in [0.25, 0.3) is 10.0 Å². The van der Waals surface area contributed by atoms with E-state index in [1.807, 2.05) is 65.0 Å². The smallest absolute Gasteiger partial charge is 0.264 e. The van der Waals surface area contributed by atoms with Crippen molar-refractivity contribution >= 4 is 27.5 Å². The van der Waals surface area contributed by atoms with Crippen molar-refractivity contribution in [2.45, 2.75) is 59.0 Å². The summed E-state index contributed by atoms with van der Waals surface area (Å²) in [5.74, 6) is -0.768. The molecule has 38 heavy (non-hydrogen) atoms. The molecule has 0 saturated carbocycles. The molecule has 7 nitrogen and oxygen atoms in total. The second-order valence-corrected chi connectivity index (χ2v) is 11.6. The summed E-state index contributed by atoms with van der Waals surface area (Å²) in [6, 6.07) is 18.9. The van der Waals surface area contributed by atoms with Gasteiger partial charge in [0.2, 0.25) is 11.8 Å². The third-order valence-electron chi connectivity index (χ3n) is 6.50.